The van der Waals surface area contributed by atoms with Gasteiger partial charge in [0.1, 0.15) is 0 Å². The van der Waals surface area contributed by atoms with E-state index in [-0.39, 0.29) is 11.9 Å². The van der Waals surface area contributed by atoms with Crippen LogP contribution in [0.4, 0.5) is 0 Å². The molecular weight excluding hydrogens is 126 g/mol. The van der Waals surface area contributed by atoms with E-state index in [0.717, 1.165) is 12.8 Å². The summed E-state index contributed by atoms with van der Waals surface area (Å²) in [7, 11) is 1.84. The molecule has 1 aliphatic heterocycles. The van der Waals surface area contributed by atoms with Gasteiger partial charge in [0.15, 0.2) is 0 Å². The summed E-state index contributed by atoms with van der Waals surface area (Å²) in [5, 5.41) is 0. The zero-order valence-corrected chi connectivity index (χ0v) is 6.34. The van der Waals surface area contributed by atoms with E-state index in [0.29, 0.717) is 6.42 Å². The van der Waals surface area contributed by atoms with Gasteiger partial charge in [-0.25, -0.2) is 0 Å². The smallest absolute Gasteiger partial charge is 0.222 e. The van der Waals surface area contributed by atoms with E-state index in [9.17, 15) is 4.79 Å². The van der Waals surface area contributed by atoms with Crippen molar-refractivity contribution >= 4 is 5.91 Å². The van der Waals surface area contributed by atoms with Crippen LogP contribution in [0.1, 0.15) is 19.3 Å². The molecule has 56 valence electrons. The fourth-order valence-corrected chi connectivity index (χ4v) is 1.29. The van der Waals surface area contributed by atoms with Crippen LogP contribution in [0.15, 0.2) is 12.7 Å². The molecule has 1 saturated heterocycles. The summed E-state index contributed by atoms with van der Waals surface area (Å²) >= 11 is 0. The summed E-state index contributed by atoms with van der Waals surface area (Å²) in [5.41, 5.74) is 0. The highest BCUT2D eigenvalue weighted by Gasteiger charge is 2.21. The molecule has 1 atom stereocenters. The number of amides is 1. The Hall–Kier alpha value is -0.790. The lowest BCUT2D eigenvalue weighted by atomic mass is 10.0. The molecule has 10 heavy (non-hydrogen) atoms. The largest absolute Gasteiger partial charge is 0.339 e. The minimum absolute atomic E-state index is 0.246. The number of hydrogen-bond acceptors (Lipinski definition) is 1. The van der Waals surface area contributed by atoms with E-state index in [1.165, 1.54) is 0 Å². The minimum Gasteiger partial charge on any atom is -0.339 e. The van der Waals surface area contributed by atoms with Crippen LogP contribution in [-0.2, 0) is 4.79 Å². The predicted octanol–water partition coefficient (Wildman–Crippen LogP) is 1.18. The molecule has 0 N–H and O–H groups in total. The lowest BCUT2D eigenvalue weighted by Gasteiger charge is -2.29. The van der Waals surface area contributed by atoms with Gasteiger partial charge >= 0.3 is 0 Å². The Balaban J connectivity index is 2.59. The van der Waals surface area contributed by atoms with Crippen molar-refractivity contribution < 1.29 is 4.79 Å². The molecule has 0 bridgehead atoms. The van der Waals surface area contributed by atoms with Gasteiger partial charge in [0.05, 0.1) is 0 Å². The number of likely N-dealkylation sites (tertiary alicyclic amines) is 1. The molecule has 0 radical (unpaired) electrons. The molecule has 1 rings (SSSR count). The van der Waals surface area contributed by atoms with Crippen LogP contribution in [0.25, 0.3) is 0 Å². The van der Waals surface area contributed by atoms with Crippen molar-refractivity contribution in [2.45, 2.75) is 25.3 Å². The van der Waals surface area contributed by atoms with Crippen molar-refractivity contribution in [2.75, 3.05) is 7.05 Å². The first-order valence-corrected chi connectivity index (χ1v) is 3.64. The van der Waals surface area contributed by atoms with E-state index in [4.69, 9.17) is 0 Å². The second kappa shape index (κ2) is 2.86. The fourth-order valence-electron chi connectivity index (χ4n) is 1.29. The second-order valence-electron chi connectivity index (χ2n) is 2.70. The highest BCUT2D eigenvalue weighted by molar-refractivity contribution is 5.77. The monoisotopic (exact) mass is 139 g/mol. The van der Waals surface area contributed by atoms with Crippen molar-refractivity contribution in [3.05, 3.63) is 12.7 Å². The Morgan fingerprint density at radius 1 is 1.80 bits per heavy atom. The Kier molecular flexibility index (Phi) is 2.10. The second-order valence-corrected chi connectivity index (χ2v) is 2.70. The number of rotatable bonds is 1. The van der Waals surface area contributed by atoms with E-state index in [2.05, 4.69) is 6.58 Å². The summed E-state index contributed by atoms with van der Waals surface area (Å²) in [6.45, 7) is 3.68. The summed E-state index contributed by atoms with van der Waals surface area (Å²) in [5.74, 6) is 0.246. The third-order valence-corrected chi connectivity index (χ3v) is 2.05. The van der Waals surface area contributed by atoms with Gasteiger partial charge in [-0.3, -0.25) is 4.79 Å². The van der Waals surface area contributed by atoms with E-state index in [1.807, 2.05) is 13.1 Å². The molecule has 1 amide bonds. The highest BCUT2D eigenvalue weighted by Crippen LogP contribution is 2.16. The Morgan fingerprint density at radius 2 is 2.50 bits per heavy atom. The SMILES string of the molecule is C=CC1CCCC(=O)N1C. The van der Waals surface area contributed by atoms with Crippen LogP contribution in [0.5, 0.6) is 0 Å². The third-order valence-electron chi connectivity index (χ3n) is 2.05. The lowest BCUT2D eigenvalue weighted by Crippen LogP contribution is -2.39. The van der Waals surface area contributed by atoms with E-state index < -0.39 is 0 Å². The number of carbonyl (C=O) groups excluding carboxylic acids is 1. The van der Waals surface area contributed by atoms with Gasteiger partial charge in [-0.05, 0) is 12.8 Å². The van der Waals surface area contributed by atoms with Crippen LogP contribution < -0.4 is 0 Å². The number of hydrogen-bond donors (Lipinski definition) is 0. The van der Waals surface area contributed by atoms with Gasteiger partial charge in [-0.2, -0.15) is 0 Å². The molecule has 0 spiro atoms. The average molecular weight is 139 g/mol. The molecule has 2 nitrogen and oxygen atoms in total. The zero-order valence-electron chi connectivity index (χ0n) is 6.34. The van der Waals surface area contributed by atoms with Crippen LogP contribution in [-0.4, -0.2) is 23.9 Å². The topological polar surface area (TPSA) is 20.3 Å². The number of carbonyl (C=O) groups is 1. The molecule has 2 heteroatoms. The average Bonchev–Trinajstić information content (AvgIpc) is 1.95. The minimum atomic E-state index is 0.246. The molecule has 0 aromatic heterocycles. The summed E-state index contributed by atoms with van der Waals surface area (Å²) < 4.78 is 0. The number of likely N-dealkylation sites (N-methyl/N-ethyl adjacent to an activating group) is 1. The quantitative estimate of drug-likeness (QED) is 0.499. The Labute approximate surface area is 61.5 Å². The summed E-state index contributed by atoms with van der Waals surface area (Å²) in [4.78, 5) is 12.8. The van der Waals surface area contributed by atoms with Gasteiger partial charge in [0.2, 0.25) is 5.91 Å². The molecule has 0 aliphatic carbocycles. The van der Waals surface area contributed by atoms with Gasteiger partial charge < -0.3 is 4.90 Å². The third kappa shape index (κ3) is 1.20. The van der Waals surface area contributed by atoms with Gasteiger partial charge in [0.25, 0.3) is 0 Å². The predicted molar refractivity (Wildman–Crippen MR) is 40.6 cm³/mol. The molecule has 1 unspecified atom stereocenters. The van der Waals surface area contributed by atoms with E-state index >= 15 is 0 Å². The number of nitrogens with zero attached hydrogens (tertiary/aromatic N) is 1. The summed E-state index contributed by atoms with van der Waals surface area (Å²) in [6.07, 6.45) is 4.64. The zero-order chi connectivity index (χ0) is 7.56. The van der Waals surface area contributed by atoms with Crippen molar-refractivity contribution in [2.24, 2.45) is 0 Å². The van der Waals surface area contributed by atoms with Crippen molar-refractivity contribution in [3.8, 4) is 0 Å². The molecule has 0 aromatic carbocycles. The van der Waals surface area contributed by atoms with Crippen molar-refractivity contribution in [1.29, 1.82) is 0 Å². The highest BCUT2D eigenvalue weighted by atomic mass is 16.2. The van der Waals surface area contributed by atoms with Gasteiger partial charge in [-0.1, -0.05) is 6.08 Å². The normalized spacial score (nSPS) is 26.7. The van der Waals surface area contributed by atoms with Gasteiger partial charge in [0, 0.05) is 19.5 Å². The summed E-state index contributed by atoms with van der Waals surface area (Å²) in [6, 6.07) is 0.279. The Bertz CT molecular complexity index is 153. The Morgan fingerprint density at radius 3 is 3.00 bits per heavy atom. The molecule has 0 saturated carbocycles. The maximum atomic E-state index is 11.0. The van der Waals surface area contributed by atoms with Crippen LogP contribution in [0.2, 0.25) is 0 Å². The molecular formula is C8H13NO. The maximum Gasteiger partial charge on any atom is 0.222 e. The first kappa shape index (κ1) is 7.32. The standard InChI is InChI=1S/C8H13NO/c1-3-7-5-4-6-8(10)9(7)2/h3,7H,1,4-6H2,2H3. The first-order valence-electron chi connectivity index (χ1n) is 3.64. The lowest BCUT2D eigenvalue weighted by molar-refractivity contribution is -0.133. The molecule has 1 aliphatic rings. The van der Waals surface area contributed by atoms with Gasteiger partial charge in [-0.15, -0.1) is 6.58 Å². The first-order chi connectivity index (χ1) is 4.75. The molecule has 1 heterocycles. The maximum absolute atomic E-state index is 11.0. The van der Waals surface area contributed by atoms with E-state index in [1.54, 1.807) is 4.90 Å². The number of piperidine rings is 1. The van der Waals surface area contributed by atoms with Crippen molar-refractivity contribution in [3.63, 3.8) is 0 Å². The molecule has 1 fully saturated rings. The van der Waals surface area contributed by atoms with Crippen LogP contribution in [0.3, 0.4) is 0 Å². The van der Waals surface area contributed by atoms with Crippen LogP contribution >= 0.6 is 0 Å². The van der Waals surface area contributed by atoms with Crippen molar-refractivity contribution in [1.82, 2.24) is 4.90 Å². The molecule has 0 aromatic rings. The fraction of sp³-hybridized carbons (Fsp3) is 0.625. The van der Waals surface area contributed by atoms with Crippen LogP contribution in [0, 0.1) is 0 Å².